The standard InChI is InChI=1S/C25H26O2/c1-16(2)19-11-12-24(27-14-13-26)17(3)25(19)22-10-6-9-21-20-8-5-4-7-18(20)15-23(21)22/h4-12,16,26H,13-15H2,1-3H3. The minimum atomic E-state index is 0.0246. The van der Waals surface area contributed by atoms with Crippen molar-refractivity contribution in [2.75, 3.05) is 13.2 Å². The number of benzene rings is 3. The fourth-order valence-corrected chi connectivity index (χ4v) is 4.26. The molecular formula is C25H26O2. The number of aliphatic hydroxyl groups is 1. The van der Waals surface area contributed by atoms with E-state index in [9.17, 15) is 0 Å². The summed E-state index contributed by atoms with van der Waals surface area (Å²) < 4.78 is 5.81. The SMILES string of the molecule is Cc1c(OCCO)ccc(C(C)C)c1-c1cccc2c1Cc1ccccc1-2. The topological polar surface area (TPSA) is 29.5 Å². The molecule has 1 aliphatic carbocycles. The molecule has 1 aliphatic rings. The lowest BCUT2D eigenvalue weighted by Crippen LogP contribution is -2.05. The first-order valence-electron chi connectivity index (χ1n) is 9.69. The van der Waals surface area contributed by atoms with Crippen molar-refractivity contribution in [2.45, 2.75) is 33.1 Å². The van der Waals surface area contributed by atoms with E-state index in [1.165, 1.54) is 38.9 Å². The van der Waals surface area contributed by atoms with E-state index in [0.717, 1.165) is 17.7 Å². The van der Waals surface area contributed by atoms with Gasteiger partial charge < -0.3 is 9.84 Å². The van der Waals surface area contributed by atoms with Crippen molar-refractivity contribution in [3.05, 3.63) is 76.9 Å². The second kappa shape index (κ2) is 7.21. The maximum atomic E-state index is 9.15. The van der Waals surface area contributed by atoms with Gasteiger partial charge in [0.2, 0.25) is 0 Å². The molecule has 0 radical (unpaired) electrons. The van der Waals surface area contributed by atoms with Crippen LogP contribution in [0.4, 0.5) is 0 Å². The number of aliphatic hydroxyl groups excluding tert-OH is 1. The fraction of sp³-hybridized carbons (Fsp3) is 0.280. The van der Waals surface area contributed by atoms with Crippen LogP contribution in [0.2, 0.25) is 0 Å². The summed E-state index contributed by atoms with van der Waals surface area (Å²) in [7, 11) is 0. The summed E-state index contributed by atoms with van der Waals surface area (Å²) in [5.41, 5.74) is 10.6. The predicted octanol–water partition coefficient (Wildman–Crippen LogP) is 5.73. The third-order valence-corrected chi connectivity index (χ3v) is 5.54. The summed E-state index contributed by atoms with van der Waals surface area (Å²) in [5, 5.41) is 9.15. The van der Waals surface area contributed by atoms with Crippen LogP contribution < -0.4 is 4.74 Å². The smallest absolute Gasteiger partial charge is 0.122 e. The van der Waals surface area contributed by atoms with E-state index in [-0.39, 0.29) is 6.61 Å². The third kappa shape index (κ3) is 3.04. The Kier molecular flexibility index (Phi) is 4.75. The summed E-state index contributed by atoms with van der Waals surface area (Å²) in [6.07, 6.45) is 0.973. The van der Waals surface area contributed by atoms with Crippen LogP contribution in [-0.2, 0) is 6.42 Å². The molecule has 0 saturated carbocycles. The number of hydrogen-bond acceptors (Lipinski definition) is 2. The van der Waals surface area contributed by atoms with Crippen molar-refractivity contribution in [1.82, 2.24) is 0 Å². The van der Waals surface area contributed by atoms with Crippen LogP contribution in [0.15, 0.2) is 54.6 Å². The van der Waals surface area contributed by atoms with Gasteiger partial charge in [0.25, 0.3) is 0 Å². The number of hydrogen-bond donors (Lipinski definition) is 1. The summed E-state index contributed by atoms with van der Waals surface area (Å²) in [6, 6.07) is 19.6. The highest BCUT2D eigenvalue weighted by Crippen LogP contribution is 2.45. The lowest BCUT2D eigenvalue weighted by molar-refractivity contribution is 0.200. The van der Waals surface area contributed by atoms with E-state index in [4.69, 9.17) is 9.84 Å². The minimum absolute atomic E-state index is 0.0246. The number of rotatable bonds is 5. The van der Waals surface area contributed by atoms with Gasteiger partial charge in [0.05, 0.1) is 6.61 Å². The monoisotopic (exact) mass is 358 g/mol. The van der Waals surface area contributed by atoms with Crippen molar-refractivity contribution in [3.63, 3.8) is 0 Å². The molecule has 0 spiro atoms. The Morgan fingerprint density at radius 2 is 1.67 bits per heavy atom. The van der Waals surface area contributed by atoms with Gasteiger partial charge in [0.1, 0.15) is 12.4 Å². The third-order valence-electron chi connectivity index (χ3n) is 5.54. The summed E-state index contributed by atoms with van der Waals surface area (Å²) in [6.45, 7) is 6.96. The molecule has 0 aliphatic heterocycles. The van der Waals surface area contributed by atoms with Crippen LogP contribution in [0, 0.1) is 6.92 Å². The lowest BCUT2D eigenvalue weighted by atomic mass is 9.85. The molecule has 0 aromatic heterocycles. The first kappa shape index (κ1) is 17.8. The number of fused-ring (bicyclic) bond motifs is 3. The second-order valence-electron chi connectivity index (χ2n) is 7.55. The Labute approximate surface area is 161 Å². The maximum Gasteiger partial charge on any atom is 0.122 e. The Morgan fingerprint density at radius 1 is 0.926 bits per heavy atom. The van der Waals surface area contributed by atoms with E-state index in [1.54, 1.807) is 0 Å². The Morgan fingerprint density at radius 3 is 2.44 bits per heavy atom. The highest BCUT2D eigenvalue weighted by molar-refractivity contribution is 5.87. The Hall–Kier alpha value is -2.58. The average Bonchev–Trinajstić information content (AvgIpc) is 3.05. The normalized spacial score (nSPS) is 12.2. The second-order valence-corrected chi connectivity index (χ2v) is 7.55. The maximum absolute atomic E-state index is 9.15. The molecule has 3 aromatic rings. The van der Waals surface area contributed by atoms with Crippen LogP contribution in [-0.4, -0.2) is 18.3 Å². The van der Waals surface area contributed by atoms with Gasteiger partial charge in [-0.3, -0.25) is 0 Å². The molecule has 0 heterocycles. The predicted molar refractivity (Wildman–Crippen MR) is 112 cm³/mol. The van der Waals surface area contributed by atoms with Gasteiger partial charge >= 0.3 is 0 Å². The fourth-order valence-electron chi connectivity index (χ4n) is 4.26. The van der Waals surface area contributed by atoms with E-state index in [1.807, 2.05) is 6.07 Å². The van der Waals surface area contributed by atoms with Gasteiger partial charge in [-0.05, 0) is 69.8 Å². The molecule has 2 heteroatoms. The van der Waals surface area contributed by atoms with Gasteiger partial charge in [-0.1, -0.05) is 62.4 Å². The molecule has 27 heavy (non-hydrogen) atoms. The van der Waals surface area contributed by atoms with E-state index in [2.05, 4.69) is 69.3 Å². The van der Waals surface area contributed by atoms with Crippen LogP contribution in [0.3, 0.4) is 0 Å². The lowest BCUT2D eigenvalue weighted by Gasteiger charge is -2.21. The summed E-state index contributed by atoms with van der Waals surface area (Å²) in [4.78, 5) is 0. The molecule has 1 N–H and O–H groups in total. The van der Waals surface area contributed by atoms with Gasteiger partial charge in [-0.2, -0.15) is 0 Å². The van der Waals surface area contributed by atoms with Gasteiger partial charge in [-0.15, -0.1) is 0 Å². The molecule has 138 valence electrons. The molecule has 0 bridgehead atoms. The molecule has 3 aromatic carbocycles. The molecule has 0 amide bonds. The van der Waals surface area contributed by atoms with Gasteiger partial charge in [-0.25, -0.2) is 0 Å². The summed E-state index contributed by atoms with van der Waals surface area (Å²) in [5.74, 6) is 1.28. The van der Waals surface area contributed by atoms with Crippen LogP contribution in [0.1, 0.15) is 42.0 Å². The molecule has 0 fully saturated rings. The van der Waals surface area contributed by atoms with Crippen molar-refractivity contribution in [2.24, 2.45) is 0 Å². The zero-order valence-electron chi connectivity index (χ0n) is 16.3. The minimum Gasteiger partial charge on any atom is -0.491 e. The van der Waals surface area contributed by atoms with E-state index < -0.39 is 0 Å². The van der Waals surface area contributed by atoms with Crippen LogP contribution in [0.25, 0.3) is 22.3 Å². The largest absolute Gasteiger partial charge is 0.491 e. The Bertz CT molecular complexity index is 986. The molecule has 0 saturated heterocycles. The molecule has 4 rings (SSSR count). The molecule has 2 nitrogen and oxygen atoms in total. The zero-order chi connectivity index (χ0) is 19.0. The van der Waals surface area contributed by atoms with Crippen LogP contribution >= 0.6 is 0 Å². The average molecular weight is 358 g/mol. The molecule has 0 atom stereocenters. The first-order valence-corrected chi connectivity index (χ1v) is 9.69. The first-order chi connectivity index (χ1) is 13.1. The van der Waals surface area contributed by atoms with Crippen molar-refractivity contribution in [3.8, 4) is 28.0 Å². The van der Waals surface area contributed by atoms with Crippen molar-refractivity contribution >= 4 is 0 Å². The van der Waals surface area contributed by atoms with Crippen molar-refractivity contribution < 1.29 is 9.84 Å². The van der Waals surface area contributed by atoms with Crippen LogP contribution in [0.5, 0.6) is 5.75 Å². The number of ether oxygens (including phenoxy) is 1. The van der Waals surface area contributed by atoms with E-state index in [0.29, 0.717) is 12.5 Å². The van der Waals surface area contributed by atoms with Gasteiger partial charge in [0, 0.05) is 0 Å². The van der Waals surface area contributed by atoms with E-state index >= 15 is 0 Å². The molecule has 0 unspecified atom stereocenters. The zero-order valence-corrected chi connectivity index (χ0v) is 16.3. The highest BCUT2D eigenvalue weighted by Gasteiger charge is 2.24. The van der Waals surface area contributed by atoms with Gasteiger partial charge in [0.15, 0.2) is 0 Å². The molecular weight excluding hydrogens is 332 g/mol. The Balaban J connectivity index is 1.92. The summed E-state index contributed by atoms with van der Waals surface area (Å²) >= 11 is 0. The quantitative estimate of drug-likeness (QED) is 0.494. The highest BCUT2D eigenvalue weighted by atomic mass is 16.5. The van der Waals surface area contributed by atoms with Crippen molar-refractivity contribution in [1.29, 1.82) is 0 Å².